The van der Waals surface area contributed by atoms with E-state index in [4.69, 9.17) is 9.47 Å². The predicted octanol–water partition coefficient (Wildman–Crippen LogP) is 3.56. The third-order valence-corrected chi connectivity index (χ3v) is 5.09. The highest BCUT2D eigenvalue weighted by Gasteiger charge is 2.18. The molecule has 1 amide bonds. The summed E-state index contributed by atoms with van der Waals surface area (Å²) < 4.78 is 10.9. The van der Waals surface area contributed by atoms with Crippen molar-refractivity contribution in [3.63, 3.8) is 0 Å². The molecular formula is C21H29N3O3. The van der Waals surface area contributed by atoms with Gasteiger partial charge in [0.25, 0.3) is 5.91 Å². The van der Waals surface area contributed by atoms with Crippen molar-refractivity contribution in [1.29, 1.82) is 0 Å². The Morgan fingerprint density at radius 2 is 2.30 bits per heavy atom. The van der Waals surface area contributed by atoms with Crippen molar-refractivity contribution < 1.29 is 14.3 Å². The first-order chi connectivity index (χ1) is 13.1. The minimum absolute atomic E-state index is 0.0404. The molecule has 1 aliphatic rings. The maximum absolute atomic E-state index is 12.8. The molecule has 1 unspecified atom stereocenters. The second-order valence-electron chi connectivity index (χ2n) is 7.19. The largest absolute Gasteiger partial charge is 0.378 e. The molecule has 146 valence electrons. The van der Waals surface area contributed by atoms with Crippen LogP contribution >= 0.6 is 0 Å². The van der Waals surface area contributed by atoms with Crippen molar-refractivity contribution in [2.45, 2.75) is 45.3 Å². The molecule has 1 atom stereocenters. The highest BCUT2D eigenvalue weighted by molar-refractivity contribution is 5.95. The number of aryl methyl sites for hydroxylation is 1. The van der Waals surface area contributed by atoms with Gasteiger partial charge in [-0.3, -0.25) is 9.89 Å². The van der Waals surface area contributed by atoms with E-state index in [2.05, 4.69) is 10.2 Å². The molecule has 0 radical (unpaired) electrons. The third kappa shape index (κ3) is 4.76. The van der Waals surface area contributed by atoms with Gasteiger partial charge in [0.1, 0.15) is 0 Å². The molecule has 6 heteroatoms. The summed E-state index contributed by atoms with van der Waals surface area (Å²) in [6.45, 7) is 4.03. The Morgan fingerprint density at radius 1 is 1.44 bits per heavy atom. The lowest BCUT2D eigenvalue weighted by Crippen LogP contribution is -2.28. The van der Waals surface area contributed by atoms with E-state index in [9.17, 15) is 4.79 Å². The normalized spacial score (nSPS) is 16.6. The topological polar surface area (TPSA) is 67.5 Å². The second kappa shape index (κ2) is 9.15. The van der Waals surface area contributed by atoms with Crippen LogP contribution in [0.15, 0.2) is 24.3 Å². The van der Waals surface area contributed by atoms with Gasteiger partial charge in [-0.15, -0.1) is 0 Å². The molecule has 0 bridgehead atoms. The molecule has 2 heterocycles. The zero-order valence-electron chi connectivity index (χ0n) is 16.5. The quantitative estimate of drug-likeness (QED) is 0.770. The number of rotatable bonds is 8. The molecule has 1 fully saturated rings. The van der Waals surface area contributed by atoms with Gasteiger partial charge in [-0.25, -0.2) is 0 Å². The number of ether oxygens (including phenoxy) is 2. The minimum atomic E-state index is 0.0404. The molecule has 27 heavy (non-hydrogen) atoms. The van der Waals surface area contributed by atoms with Gasteiger partial charge in [-0.1, -0.05) is 12.1 Å². The molecular weight excluding hydrogens is 342 g/mol. The second-order valence-corrected chi connectivity index (χ2v) is 7.19. The lowest BCUT2D eigenvalue weighted by molar-refractivity contribution is 0.0763. The highest BCUT2D eigenvalue weighted by atomic mass is 16.5. The number of hydrogen-bond acceptors (Lipinski definition) is 4. The minimum Gasteiger partial charge on any atom is -0.378 e. The van der Waals surface area contributed by atoms with Gasteiger partial charge in [-0.05, 0) is 50.3 Å². The van der Waals surface area contributed by atoms with Crippen molar-refractivity contribution in [3.8, 4) is 11.1 Å². The third-order valence-electron chi connectivity index (χ3n) is 5.09. The van der Waals surface area contributed by atoms with Crippen LogP contribution in [0.1, 0.15) is 47.4 Å². The summed E-state index contributed by atoms with van der Waals surface area (Å²) in [4.78, 5) is 14.6. The number of benzene rings is 1. The number of aromatic amines is 1. The SMILES string of the molecule is COCc1n[nH]c(C)c1-c1cccc(C(=O)N(C)CCCC2CCCO2)c1. The summed E-state index contributed by atoms with van der Waals surface area (Å²) >= 11 is 0. The molecule has 3 rings (SSSR count). The summed E-state index contributed by atoms with van der Waals surface area (Å²) in [6.07, 6.45) is 4.66. The van der Waals surface area contributed by atoms with E-state index in [1.54, 1.807) is 12.0 Å². The monoisotopic (exact) mass is 371 g/mol. The molecule has 0 spiro atoms. The van der Waals surface area contributed by atoms with Crippen LogP contribution in [-0.2, 0) is 16.1 Å². The number of nitrogens with one attached hydrogen (secondary N) is 1. The summed E-state index contributed by atoms with van der Waals surface area (Å²) in [5.41, 5.74) is 4.50. The van der Waals surface area contributed by atoms with E-state index < -0.39 is 0 Å². The highest BCUT2D eigenvalue weighted by Crippen LogP contribution is 2.27. The summed E-state index contributed by atoms with van der Waals surface area (Å²) in [5.74, 6) is 0.0404. The van der Waals surface area contributed by atoms with Crippen molar-refractivity contribution in [2.75, 3.05) is 27.3 Å². The zero-order valence-corrected chi connectivity index (χ0v) is 16.5. The fourth-order valence-electron chi connectivity index (χ4n) is 3.66. The molecule has 6 nitrogen and oxygen atoms in total. The van der Waals surface area contributed by atoms with Gasteiger partial charge >= 0.3 is 0 Å². The van der Waals surface area contributed by atoms with Gasteiger partial charge in [0.15, 0.2) is 0 Å². The van der Waals surface area contributed by atoms with Crippen molar-refractivity contribution in [1.82, 2.24) is 15.1 Å². The van der Waals surface area contributed by atoms with Crippen LogP contribution < -0.4 is 0 Å². The molecule has 0 saturated carbocycles. The van der Waals surface area contributed by atoms with Crippen molar-refractivity contribution in [2.24, 2.45) is 0 Å². The standard InChI is InChI=1S/C21H29N3O3/c1-15-20(19(14-26-3)23-22-15)16-7-4-8-17(13-16)21(25)24(2)11-5-9-18-10-6-12-27-18/h4,7-8,13,18H,5-6,9-12,14H2,1-3H3,(H,22,23). The van der Waals surface area contributed by atoms with Crippen LogP contribution in [0.2, 0.25) is 0 Å². The van der Waals surface area contributed by atoms with Gasteiger partial charge in [0, 0.05) is 44.1 Å². The fourth-order valence-corrected chi connectivity index (χ4v) is 3.66. The zero-order chi connectivity index (χ0) is 19.2. The summed E-state index contributed by atoms with van der Waals surface area (Å²) in [7, 11) is 3.52. The van der Waals surface area contributed by atoms with Gasteiger partial charge in [-0.2, -0.15) is 5.10 Å². The number of carbonyl (C=O) groups excluding carboxylic acids is 1. The van der Waals surface area contributed by atoms with Crippen LogP contribution in [0.3, 0.4) is 0 Å². The Kier molecular flexibility index (Phi) is 6.63. The van der Waals surface area contributed by atoms with E-state index in [0.717, 1.165) is 61.3 Å². The van der Waals surface area contributed by atoms with Crippen LogP contribution in [0.25, 0.3) is 11.1 Å². The first-order valence-electron chi connectivity index (χ1n) is 9.60. The first kappa shape index (κ1) is 19.6. The molecule has 2 aromatic rings. The molecule has 1 aliphatic heterocycles. The Bertz CT molecular complexity index is 766. The van der Waals surface area contributed by atoms with Crippen LogP contribution in [0.4, 0.5) is 0 Å². The Morgan fingerprint density at radius 3 is 3.04 bits per heavy atom. The van der Waals surface area contributed by atoms with E-state index in [-0.39, 0.29) is 5.91 Å². The van der Waals surface area contributed by atoms with Gasteiger partial charge < -0.3 is 14.4 Å². The number of nitrogens with zero attached hydrogens (tertiary/aromatic N) is 2. The Hall–Kier alpha value is -2.18. The predicted molar refractivity (Wildman–Crippen MR) is 105 cm³/mol. The lowest BCUT2D eigenvalue weighted by atomic mass is 10.0. The van der Waals surface area contributed by atoms with E-state index >= 15 is 0 Å². The smallest absolute Gasteiger partial charge is 0.253 e. The Balaban J connectivity index is 1.67. The first-order valence-corrected chi connectivity index (χ1v) is 9.60. The Labute approximate surface area is 160 Å². The number of amides is 1. The number of aromatic nitrogens is 2. The van der Waals surface area contributed by atoms with Gasteiger partial charge in [0.2, 0.25) is 0 Å². The van der Waals surface area contributed by atoms with E-state index in [0.29, 0.717) is 18.3 Å². The van der Waals surface area contributed by atoms with Crippen LogP contribution in [-0.4, -0.2) is 54.4 Å². The average molecular weight is 371 g/mol. The number of hydrogen-bond donors (Lipinski definition) is 1. The molecule has 1 saturated heterocycles. The molecule has 1 aromatic carbocycles. The molecule has 1 aromatic heterocycles. The fraction of sp³-hybridized carbons (Fsp3) is 0.524. The van der Waals surface area contributed by atoms with Crippen LogP contribution in [0, 0.1) is 6.92 Å². The van der Waals surface area contributed by atoms with Gasteiger partial charge in [0.05, 0.1) is 18.4 Å². The molecule has 0 aliphatic carbocycles. The maximum atomic E-state index is 12.8. The number of methoxy groups -OCH3 is 1. The van der Waals surface area contributed by atoms with Crippen molar-refractivity contribution in [3.05, 3.63) is 41.2 Å². The van der Waals surface area contributed by atoms with Crippen LogP contribution in [0.5, 0.6) is 0 Å². The average Bonchev–Trinajstić information content (AvgIpc) is 3.31. The van der Waals surface area contributed by atoms with E-state index in [1.165, 1.54) is 0 Å². The number of H-pyrrole nitrogens is 1. The molecule has 1 N–H and O–H groups in total. The lowest BCUT2D eigenvalue weighted by Gasteiger charge is -2.19. The summed E-state index contributed by atoms with van der Waals surface area (Å²) in [6, 6.07) is 7.74. The number of carbonyl (C=O) groups is 1. The van der Waals surface area contributed by atoms with E-state index in [1.807, 2.05) is 38.2 Å². The summed E-state index contributed by atoms with van der Waals surface area (Å²) in [5, 5.41) is 7.32. The van der Waals surface area contributed by atoms with Crippen molar-refractivity contribution >= 4 is 5.91 Å². The maximum Gasteiger partial charge on any atom is 0.253 e.